The highest BCUT2D eigenvalue weighted by Crippen LogP contribution is 2.24. The van der Waals surface area contributed by atoms with Crippen molar-refractivity contribution in [3.63, 3.8) is 0 Å². The standard InChI is InChI=1S/C19H30N4O2/c1-6-7-10-25-11-8-9-20-19(24)15-12-16(13(2)3)21-18-17(15)14(4)22-23(18)5/h12-13H,6-11H2,1-5H3,(H,20,24). The van der Waals surface area contributed by atoms with Gasteiger partial charge in [-0.15, -0.1) is 0 Å². The molecule has 0 aliphatic rings. The molecule has 1 N–H and O–H groups in total. The van der Waals surface area contributed by atoms with Crippen LogP contribution in [-0.4, -0.2) is 40.4 Å². The molecule has 25 heavy (non-hydrogen) atoms. The molecule has 0 aliphatic heterocycles. The summed E-state index contributed by atoms with van der Waals surface area (Å²) in [5, 5.41) is 8.26. The molecule has 0 radical (unpaired) electrons. The molecular weight excluding hydrogens is 316 g/mol. The summed E-state index contributed by atoms with van der Waals surface area (Å²) >= 11 is 0. The average Bonchev–Trinajstić information content (AvgIpc) is 2.87. The van der Waals surface area contributed by atoms with Crippen LogP contribution in [0.15, 0.2) is 6.07 Å². The van der Waals surface area contributed by atoms with Crippen molar-refractivity contribution in [2.75, 3.05) is 19.8 Å². The molecule has 0 spiro atoms. The van der Waals surface area contributed by atoms with Crippen molar-refractivity contribution >= 4 is 16.9 Å². The van der Waals surface area contributed by atoms with E-state index in [1.54, 1.807) is 4.68 Å². The van der Waals surface area contributed by atoms with E-state index in [1.807, 2.05) is 20.0 Å². The lowest BCUT2D eigenvalue weighted by Crippen LogP contribution is -2.26. The van der Waals surface area contributed by atoms with Gasteiger partial charge in [-0.2, -0.15) is 5.10 Å². The van der Waals surface area contributed by atoms with Gasteiger partial charge in [0, 0.05) is 32.5 Å². The molecule has 1 amide bonds. The normalized spacial score (nSPS) is 11.4. The summed E-state index contributed by atoms with van der Waals surface area (Å²) in [4.78, 5) is 17.4. The molecule has 0 aliphatic carbocycles. The number of aromatic nitrogens is 3. The fourth-order valence-corrected chi connectivity index (χ4v) is 2.76. The minimum atomic E-state index is -0.0704. The highest BCUT2D eigenvalue weighted by atomic mass is 16.5. The number of hydrogen-bond donors (Lipinski definition) is 1. The largest absolute Gasteiger partial charge is 0.381 e. The summed E-state index contributed by atoms with van der Waals surface area (Å²) in [5.74, 6) is 0.178. The van der Waals surface area contributed by atoms with Gasteiger partial charge in [-0.25, -0.2) is 4.98 Å². The zero-order valence-electron chi connectivity index (χ0n) is 16.1. The highest BCUT2D eigenvalue weighted by molar-refractivity contribution is 6.06. The molecular formula is C19H30N4O2. The summed E-state index contributed by atoms with van der Waals surface area (Å²) in [6, 6.07) is 1.90. The summed E-state index contributed by atoms with van der Waals surface area (Å²) in [5.41, 5.74) is 3.15. The molecule has 0 saturated heterocycles. The fourth-order valence-electron chi connectivity index (χ4n) is 2.76. The van der Waals surface area contributed by atoms with E-state index < -0.39 is 0 Å². The number of rotatable bonds is 9. The van der Waals surface area contributed by atoms with Gasteiger partial charge in [0.05, 0.1) is 16.6 Å². The minimum absolute atomic E-state index is 0.0704. The van der Waals surface area contributed by atoms with Crippen molar-refractivity contribution in [1.82, 2.24) is 20.1 Å². The van der Waals surface area contributed by atoms with Crippen LogP contribution in [0.1, 0.15) is 67.7 Å². The SMILES string of the molecule is CCCCOCCCNC(=O)c1cc(C(C)C)nc2c1c(C)nn2C. The summed E-state index contributed by atoms with van der Waals surface area (Å²) in [6.07, 6.45) is 3.03. The predicted molar refractivity (Wildman–Crippen MR) is 100 cm³/mol. The first-order valence-electron chi connectivity index (χ1n) is 9.15. The molecule has 2 rings (SSSR count). The lowest BCUT2D eigenvalue weighted by molar-refractivity contribution is 0.0942. The second-order valence-corrected chi connectivity index (χ2v) is 6.73. The van der Waals surface area contributed by atoms with Gasteiger partial charge in [-0.3, -0.25) is 9.48 Å². The lowest BCUT2D eigenvalue weighted by Gasteiger charge is -2.11. The Morgan fingerprint density at radius 1 is 1.32 bits per heavy atom. The van der Waals surface area contributed by atoms with E-state index in [2.05, 4.69) is 36.2 Å². The Hall–Kier alpha value is -1.95. The number of carbonyl (C=O) groups excluding carboxylic acids is 1. The first-order chi connectivity index (χ1) is 12.0. The van der Waals surface area contributed by atoms with Gasteiger partial charge in [0.15, 0.2) is 5.65 Å². The molecule has 2 heterocycles. The Bertz CT molecular complexity index is 722. The molecule has 2 aromatic heterocycles. The summed E-state index contributed by atoms with van der Waals surface area (Å²) in [6.45, 7) is 10.3. The van der Waals surface area contributed by atoms with Gasteiger partial charge in [0.2, 0.25) is 0 Å². The highest BCUT2D eigenvalue weighted by Gasteiger charge is 2.19. The maximum atomic E-state index is 12.7. The number of nitrogens with zero attached hydrogens (tertiary/aromatic N) is 3. The molecule has 0 aromatic carbocycles. The van der Waals surface area contributed by atoms with Crippen LogP contribution < -0.4 is 5.32 Å². The van der Waals surface area contributed by atoms with Crippen LogP contribution in [-0.2, 0) is 11.8 Å². The van der Waals surface area contributed by atoms with E-state index in [1.165, 1.54) is 0 Å². The van der Waals surface area contributed by atoms with Crippen molar-refractivity contribution in [3.8, 4) is 0 Å². The Morgan fingerprint density at radius 3 is 2.72 bits per heavy atom. The number of aryl methyl sites for hydroxylation is 2. The second-order valence-electron chi connectivity index (χ2n) is 6.73. The van der Waals surface area contributed by atoms with Crippen LogP contribution in [0, 0.1) is 6.92 Å². The maximum Gasteiger partial charge on any atom is 0.252 e. The lowest BCUT2D eigenvalue weighted by atomic mass is 10.0. The van der Waals surface area contributed by atoms with Crippen molar-refractivity contribution in [2.45, 2.75) is 52.9 Å². The number of carbonyl (C=O) groups is 1. The third-order valence-corrected chi connectivity index (χ3v) is 4.22. The molecule has 138 valence electrons. The molecule has 6 heteroatoms. The quantitative estimate of drug-likeness (QED) is 0.707. The first kappa shape index (κ1) is 19.4. The Balaban J connectivity index is 2.09. The van der Waals surface area contributed by atoms with E-state index in [9.17, 15) is 4.79 Å². The van der Waals surface area contributed by atoms with Crippen LogP contribution in [0.4, 0.5) is 0 Å². The number of amides is 1. The third-order valence-electron chi connectivity index (χ3n) is 4.22. The van der Waals surface area contributed by atoms with Crippen molar-refractivity contribution in [2.24, 2.45) is 7.05 Å². The first-order valence-corrected chi connectivity index (χ1v) is 9.15. The topological polar surface area (TPSA) is 69.0 Å². The van der Waals surface area contributed by atoms with Gasteiger partial charge < -0.3 is 10.1 Å². The van der Waals surface area contributed by atoms with E-state index >= 15 is 0 Å². The fraction of sp³-hybridized carbons (Fsp3) is 0.632. The van der Waals surface area contributed by atoms with E-state index in [0.717, 1.165) is 48.3 Å². The zero-order chi connectivity index (χ0) is 18.4. The molecule has 6 nitrogen and oxygen atoms in total. The number of pyridine rings is 1. The molecule has 0 bridgehead atoms. The average molecular weight is 346 g/mol. The van der Waals surface area contributed by atoms with Crippen LogP contribution in [0.3, 0.4) is 0 Å². The van der Waals surface area contributed by atoms with Crippen molar-refractivity contribution in [1.29, 1.82) is 0 Å². The number of unbranched alkanes of at least 4 members (excludes halogenated alkanes) is 1. The molecule has 0 atom stereocenters. The van der Waals surface area contributed by atoms with Gasteiger partial charge >= 0.3 is 0 Å². The summed E-state index contributed by atoms with van der Waals surface area (Å²) in [7, 11) is 1.86. The maximum absolute atomic E-state index is 12.7. The van der Waals surface area contributed by atoms with Crippen LogP contribution in [0.25, 0.3) is 11.0 Å². The number of ether oxygens (including phenoxy) is 1. The van der Waals surface area contributed by atoms with Crippen LogP contribution in [0.2, 0.25) is 0 Å². The molecule has 0 saturated carbocycles. The van der Waals surface area contributed by atoms with Gasteiger partial charge in [0.1, 0.15) is 0 Å². The van der Waals surface area contributed by atoms with E-state index in [4.69, 9.17) is 4.74 Å². The molecule has 2 aromatic rings. The monoisotopic (exact) mass is 346 g/mol. The zero-order valence-corrected chi connectivity index (χ0v) is 16.1. The Morgan fingerprint density at radius 2 is 2.04 bits per heavy atom. The van der Waals surface area contributed by atoms with Gasteiger partial charge in [-0.1, -0.05) is 27.2 Å². The van der Waals surface area contributed by atoms with E-state index in [-0.39, 0.29) is 11.8 Å². The number of hydrogen-bond acceptors (Lipinski definition) is 4. The minimum Gasteiger partial charge on any atom is -0.381 e. The number of fused-ring (bicyclic) bond motifs is 1. The second kappa shape index (κ2) is 8.94. The van der Waals surface area contributed by atoms with Crippen molar-refractivity contribution in [3.05, 3.63) is 23.0 Å². The van der Waals surface area contributed by atoms with Crippen LogP contribution >= 0.6 is 0 Å². The van der Waals surface area contributed by atoms with Gasteiger partial charge in [-0.05, 0) is 31.7 Å². The predicted octanol–water partition coefficient (Wildman–Crippen LogP) is 3.34. The summed E-state index contributed by atoms with van der Waals surface area (Å²) < 4.78 is 7.28. The Kier molecular flexibility index (Phi) is 6.93. The molecule has 0 fully saturated rings. The third kappa shape index (κ3) is 4.78. The number of nitrogens with one attached hydrogen (secondary N) is 1. The van der Waals surface area contributed by atoms with E-state index in [0.29, 0.717) is 18.7 Å². The van der Waals surface area contributed by atoms with Crippen LogP contribution in [0.5, 0.6) is 0 Å². The Labute approximate surface area is 150 Å². The molecule has 0 unspecified atom stereocenters. The van der Waals surface area contributed by atoms with Gasteiger partial charge in [0.25, 0.3) is 5.91 Å². The van der Waals surface area contributed by atoms with Crippen molar-refractivity contribution < 1.29 is 9.53 Å². The smallest absolute Gasteiger partial charge is 0.252 e.